The number of nitrogens with one attached hydrogen (secondary N) is 1. The molecule has 0 aliphatic heterocycles. The molecule has 5 nitrogen and oxygen atoms in total. The lowest BCUT2D eigenvalue weighted by Gasteiger charge is -2.17. The van der Waals surface area contributed by atoms with Crippen LogP contribution in [0.5, 0.6) is 0 Å². The zero-order valence-electron chi connectivity index (χ0n) is 15.6. The van der Waals surface area contributed by atoms with E-state index in [0.29, 0.717) is 5.82 Å². The fourth-order valence-electron chi connectivity index (χ4n) is 3.21. The molecule has 140 valence electrons. The summed E-state index contributed by atoms with van der Waals surface area (Å²) in [5, 5.41) is 6.22. The first-order chi connectivity index (χ1) is 13.5. The molecule has 0 bridgehead atoms. The topological polar surface area (TPSA) is 80.9 Å². The molecule has 6 heteroatoms. The second-order valence-electron chi connectivity index (χ2n) is 6.74. The van der Waals surface area contributed by atoms with Crippen molar-refractivity contribution in [1.82, 2.24) is 9.97 Å². The van der Waals surface area contributed by atoms with Crippen molar-refractivity contribution in [3.8, 4) is 11.1 Å². The predicted octanol–water partition coefficient (Wildman–Crippen LogP) is 4.61. The van der Waals surface area contributed by atoms with Crippen LogP contribution in [0.1, 0.15) is 22.7 Å². The summed E-state index contributed by atoms with van der Waals surface area (Å²) < 4.78 is 0. The first-order valence-electron chi connectivity index (χ1n) is 8.95. The quantitative estimate of drug-likeness (QED) is 0.523. The standard InChI is InChI=1S/C22H20N4OS/c1-13-8-9-16(10-14(13)2)17-11-28-22-18(17)21(24-12-25-22)26-19(20(23)27)15-6-4-3-5-7-15/h3-12,19H,1-2H3,(H2,23,27)(H,24,25,26)/t19-/m1/s1. The van der Waals surface area contributed by atoms with E-state index in [0.717, 1.165) is 26.9 Å². The predicted molar refractivity (Wildman–Crippen MR) is 114 cm³/mol. The average molecular weight is 388 g/mol. The third kappa shape index (κ3) is 3.34. The van der Waals surface area contributed by atoms with Crippen molar-refractivity contribution < 1.29 is 4.79 Å². The van der Waals surface area contributed by atoms with Gasteiger partial charge in [0.2, 0.25) is 5.91 Å². The number of carbonyl (C=O) groups excluding carboxylic acids is 1. The molecule has 2 heterocycles. The lowest BCUT2D eigenvalue weighted by molar-refractivity contribution is -0.118. The highest BCUT2D eigenvalue weighted by Crippen LogP contribution is 2.38. The van der Waals surface area contributed by atoms with Crippen LogP contribution in [0.2, 0.25) is 0 Å². The van der Waals surface area contributed by atoms with Gasteiger partial charge in [0.25, 0.3) is 0 Å². The molecule has 4 rings (SSSR count). The molecule has 3 N–H and O–H groups in total. The molecular weight excluding hydrogens is 368 g/mol. The zero-order valence-corrected chi connectivity index (χ0v) is 16.5. The van der Waals surface area contributed by atoms with E-state index >= 15 is 0 Å². The highest BCUT2D eigenvalue weighted by molar-refractivity contribution is 7.17. The zero-order chi connectivity index (χ0) is 19.7. The summed E-state index contributed by atoms with van der Waals surface area (Å²) in [6, 6.07) is 15.1. The van der Waals surface area contributed by atoms with E-state index in [4.69, 9.17) is 5.73 Å². The number of hydrogen-bond acceptors (Lipinski definition) is 5. The van der Waals surface area contributed by atoms with Gasteiger partial charge >= 0.3 is 0 Å². The van der Waals surface area contributed by atoms with Crippen LogP contribution in [0.15, 0.2) is 60.2 Å². The van der Waals surface area contributed by atoms with Gasteiger partial charge in [0, 0.05) is 10.9 Å². The van der Waals surface area contributed by atoms with Gasteiger partial charge in [0.15, 0.2) is 0 Å². The van der Waals surface area contributed by atoms with Crippen LogP contribution in [0.4, 0.5) is 5.82 Å². The maximum Gasteiger partial charge on any atom is 0.244 e. The molecule has 2 aromatic heterocycles. The monoisotopic (exact) mass is 388 g/mol. The van der Waals surface area contributed by atoms with Gasteiger partial charge < -0.3 is 11.1 Å². The van der Waals surface area contributed by atoms with Crippen molar-refractivity contribution >= 4 is 33.3 Å². The van der Waals surface area contributed by atoms with Crippen LogP contribution in [0.3, 0.4) is 0 Å². The number of amides is 1. The molecule has 4 aromatic rings. The Morgan fingerprint density at radius 1 is 1.07 bits per heavy atom. The van der Waals surface area contributed by atoms with E-state index in [-0.39, 0.29) is 0 Å². The van der Waals surface area contributed by atoms with Crippen molar-refractivity contribution in [2.45, 2.75) is 19.9 Å². The van der Waals surface area contributed by atoms with Gasteiger partial charge in [-0.15, -0.1) is 11.3 Å². The molecule has 0 aliphatic carbocycles. The SMILES string of the molecule is Cc1ccc(-c2csc3ncnc(N[C@@H](C(N)=O)c4ccccc4)c23)cc1C. The van der Waals surface area contributed by atoms with Crippen LogP contribution >= 0.6 is 11.3 Å². The molecular formula is C22H20N4OS. The molecule has 0 unspecified atom stereocenters. The number of thiophene rings is 1. The largest absolute Gasteiger partial charge is 0.368 e. The minimum Gasteiger partial charge on any atom is -0.368 e. The minimum atomic E-state index is -0.674. The first-order valence-corrected chi connectivity index (χ1v) is 9.83. The third-order valence-electron chi connectivity index (χ3n) is 4.89. The number of nitrogens with two attached hydrogens (primary N) is 1. The molecule has 0 saturated carbocycles. The van der Waals surface area contributed by atoms with Crippen molar-refractivity contribution in [2.75, 3.05) is 5.32 Å². The summed E-state index contributed by atoms with van der Waals surface area (Å²) in [7, 11) is 0. The number of rotatable bonds is 5. The molecule has 0 fully saturated rings. The van der Waals surface area contributed by atoms with Crippen LogP contribution in [-0.4, -0.2) is 15.9 Å². The molecule has 28 heavy (non-hydrogen) atoms. The Kier molecular flexibility index (Phi) is 4.79. The number of aromatic nitrogens is 2. The summed E-state index contributed by atoms with van der Waals surface area (Å²) in [5.41, 5.74) is 11.1. The number of nitrogens with zero attached hydrogens (tertiary/aromatic N) is 2. The lowest BCUT2D eigenvalue weighted by atomic mass is 10.0. The van der Waals surface area contributed by atoms with Gasteiger partial charge in [-0.2, -0.15) is 0 Å². The smallest absolute Gasteiger partial charge is 0.244 e. The van der Waals surface area contributed by atoms with E-state index < -0.39 is 11.9 Å². The Labute approximate surface area is 167 Å². The van der Waals surface area contributed by atoms with Crippen molar-refractivity contribution in [3.63, 3.8) is 0 Å². The van der Waals surface area contributed by atoms with E-state index in [1.165, 1.54) is 17.5 Å². The number of hydrogen-bond donors (Lipinski definition) is 2. The number of anilines is 1. The highest BCUT2D eigenvalue weighted by atomic mass is 32.1. The van der Waals surface area contributed by atoms with Crippen LogP contribution in [-0.2, 0) is 4.79 Å². The van der Waals surface area contributed by atoms with Crippen LogP contribution < -0.4 is 11.1 Å². The fourth-order valence-corrected chi connectivity index (χ4v) is 4.12. The number of benzene rings is 2. The summed E-state index contributed by atoms with van der Waals surface area (Å²) in [6.07, 6.45) is 1.51. The Balaban J connectivity index is 1.82. The van der Waals surface area contributed by atoms with Gasteiger partial charge in [-0.1, -0.05) is 48.5 Å². The molecule has 2 aromatic carbocycles. The van der Waals surface area contributed by atoms with Gasteiger partial charge in [-0.05, 0) is 36.1 Å². The molecule has 0 aliphatic rings. The molecule has 1 amide bonds. The van der Waals surface area contributed by atoms with Crippen LogP contribution in [0.25, 0.3) is 21.3 Å². The fraction of sp³-hybridized carbons (Fsp3) is 0.136. The Morgan fingerprint density at radius 2 is 1.86 bits per heavy atom. The Morgan fingerprint density at radius 3 is 2.57 bits per heavy atom. The van der Waals surface area contributed by atoms with Crippen molar-refractivity contribution in [1.29, 1.82) is 0 Å². The normalized spacial score (nSPS) is 12.1. The van der Waals surface area contributed by atoms with E-state index in [2.05, 4.69) is 52.7 Å². The van der Waals surface area contributed by atoms with Gasteiger partial charge in [-0.3, -0.25) is 4.79 Å². The maximum atomic E-state index is 12.1. The number of primary amides is 1. The number of carbonyl (C=O) groups is 1. The Bertz CT molecular complexity index is 1150. The number of aryl methyl sites for hydroxylation is 2. The second-order valence-corrected chi connectivity index (χ2v) is 7.60. The summed E-state index contributed by atoms with van der Waals surface area (Å²) in [4.78, 5) is 21.8. The molecule has 0 saturated heterocycles. The minimum absolute atomic E-state index is 0.457. The summed E-state index contributed by atoms with van der Waals surface area (Å²) in [6.45, 7) is 4.19. The van der Waals surface area contributed by atoms with E-state index in [1.807, 2.05) is 30.3 Å². The Hall–Kier alpha value is -3.25. The number of fused-ring (bicyclic) bond motifs is 1. The van der Waals surface area contributed by atoms with Gasteiger partial charge in [0.05, 0.1) is 5.39 Å². The highest BCUT2D eigenvalue weighted by Gasteiger charge is 2.21. The first kappa shape index (κ1) is 18.1. The van der Waals surface area contributed by atoms with E-state index in [9.17, 15) is 4.79 Å². The summed E-state index contributed by atoms with van der Waals surface area (Å²) >= 11 is 1.56. The van der Waals surface area contributed by atoms with Crippen molar-refractivity contribution in [2.24, 2.45) is 5.73 Å². The van der Waals surface area contributed by atoms with Gasteiger partial charge in [0.1, 0.15) is 23.0 Å². The lowest BCUT2D eigenvalue weighted by Crippen LogP contribution is -2.28. The molecule has 1 atom stereocenters. The van der Waals surface area contributed by atoms with Crippen LogP contribution in [0, 0.1) is 13.8 Å². The van der Waals surface area contributed by atoms with E-state index in [1.54, 1.807) is 11.3 Å². The maximum absolute atomic E-state index is 12.1. The third-order valence-corrected chi connectivity index (χ3v) is 5.77. The molecule has 0 radical (unpaired) electrons. The van der Waals surface area contributed by atoms with Crippen molar-refractivity contribution in [3.05, 3.63) is 76.9 Å². The average Bonchev–Trinajstić information content (AvgIpc) is 3.13. The summed E-state index contributed by atoms with van der Waals surface area (Å²) in [5.74, 6) is 0.146. The second kappa shape index (κ2) is 7.40. The van der Waals surface area contributed by atoms with Gasteiger partial charge in [-0.25, -0.2) is 9.97 Å². The molecule has 0 spiro atoms.